The van der Waals surface area contributed by atoms with Crippen molar-refractivity contribution in [2.45, 2.75) is 37.0 Å². The average molecular weight is 337 g/mol. The molecule has 1 atom stereocenters. The van der Waals surface area contributed by atoms with Crippen LogP contribution in [0.5, 0.6) is 11.5 Å². The number of hydrogen-bond acceptors (Lipinski definition) is 4. The van der Waals surface area contributed by atoms with Crippen molar-refractivity contribution in [3.8, 4) is 11.5 Å². The zero-order valence-corrected chi connectivity index (χ0v) is 14.0. The lowest BCUT2D eigenvalue weighted by Crippen LogP contribution is -2.29. The highest BCUT2D eigenvalue weighted by molar-refractivity contribution is 7.85. The summed E-state index contributed by atoms with van der Waals surface area (Å²) in [4.78, 5) is 12.6. The van der Waals surface area contributed by atoms with E-state index in [1.54, 1.807) is 18.2 Å². The van der Waals surface area contributed by atoms with E-state index in [-0.39, 0.29) is 12.3 Å². The molecule has 1 aromatic carbocycles. The topological polar surface area (TPSA) is 64.6 Å². The summed E-state index contributed by atoms with van der Waals surface area (Å²) in [6.45, 7) is 1.80. The van der Waals surface area contributed by atoms with Gasteiger partial charge in [-0.2, -0.15) is 0 Å². The molecule has 1 N–H and O–H groups in total. The van der Waals surface area contributed by atoms with Crippen molar-refractivity contribution in [1.29, 1.82) is 0 Å². The van der Waals surface area contributed by atoms with E-state index in [1.807, 2.05) is 0 Å². The van der Waals surface area contributed by atoms with Gasteiger partial charge in [0.2, 0.25) is 5.91 Å². The first-order valence-corrected chi connectivity index (χ1v) is 9.59. The Morgan fingerprint density at radius 3 is 2.70 bits per heavy atom. The molecule has 1 fully saturated rings. The van der Waals surface area contributed by atoms with Crippen molar-refractivity contribution in [2.75, 3.05) is 25.5 Å². The van der Waals surface area contributed by atoms with E-state index in [9.17, 15) is 9.00 Å². The van der Waals surface area contributed by atoms with Crippen LogP contribution in [0.2, 0.25) is 0 Å². The number of carbonyl (C=O) groups excluding carboxylic acids is 1. The Labute approximate surface area is 139 Å². The number of ether oxygens (including phenoxy) is 2. The van der Waals surface area contributed by atoms with Crippen LogP contribution < -0.4 is 14.8 Å². The lowest BCUT2D eigenvalue weighted by atomic mass is 10.1. The SMILES string of the molecule is O=C(CC[S@](=O)c1ccc2c(c1)OCCO2)NCC1CCCC1. The second-order valence-corrected chi connectivity index (χ2v) is 7.63. The summed E-state index contributed by atoms with van der Waals surface area (Å²) >= 11 is 0. The summed E-state index contributed by atoms with van der Waals surface area (Å²) in [5.41, 5.74) is 0. The molecule has 5 nitrogen and oxygen atoms in total. The average Bonchev–Trinajstić information content (AvgIpc) is 3.11. The minimum Gasteiger partial charge on any atom is -0.486 e. The standard InChI is InChI=1S/C17H23NO4S/c19-17(18-12-13-3-1-2-4-13)7-10-23(20)14-5-6-15-16(11-14)22-9-8-21-15/h5-6,11,13H,1-4,7-10,12H2,(H,18,19)/t23-/m0/s1. The fraction of sp³-hybridized carbons (Fsp3) is 0.588. The molecule has 0 spiro atoms. The molecule has 6 heteroatoms. The second kappa shape index (κ2) is 7.81. The van der Waals surface area contributed by atoms with Crippen molar-refractivity contribution in [2.24, 2.45) is 5.92 Å². The Morgan fingerprint density at radius 2 is 1.91 bits per heavy atom. The van der Waals surface area contributed by atoms with Gasteiger partial charge in [0, 0.05) is 29.7 Å². The maximum atomic E-state index is 12.3. The molecule has 1 amide bonds. The van der Waals surface area contributed by atoms with Crippen LogP contribution in [-0.2, 0) is 15.6 Å². The first kappa shape index (κ1) is 16.3. The lowest BCUT2D eigenvalue weighted by Gasteiger charge is -2.18. The monoisotopic (exact) mass is 337 g/mol. The van der Waals surface area contributed by atoms with Crippen molar-refractivity contribution >= 4 is 16.7 Å². The number of carbonyl (C=O) groups is 1. The van der Waals surface area contributed by atoms with Crippen molar-refractivity contribution < 1.29 is 18.5 Å². The molecule has 0 saturated heterocycles. The maximum Gasteiger partial charge on any atom is 0.220 e. The summed E-state index contributed by atoms with van der Waals surface area (Å²) < 4.78 is 23.3. The molecule has 1 aromatic rings. The maximum absolute atomic E-state index is 12.3. The second-order valence-electron chi connectivity index (χ2n) is 6.06. The number of hydrogen-bond donors (Lipinski definition) is 1. The van der Waals surface area contributed by atoms with Crippen LogP contribution in [-0.4, -0.2) is 35.6 Å². The molecule has 0 unspecified atom stereocenters. The van der Waals surface area contributed by atoms with Crippen LogP contribution in [0.4, 0.5) is 0 Å². The molecule has 23 heavy (non-hydrogen) atoms. The molecule has 0 bridgehead atoms. The normalized spacial score (nSPS) is 18.6. The van der Waals surface area contributed by atoms with Crippen molar-refractivity contribution in [1.82, 2.24) is 5.32 Å². The van der Waals surface area contributed by atoms with Gasteiger partial charge in [0.1, 0.15) is 13.2 Å². The smallest absolute Gasteiger partial charge is 0.220 e. The van der Waals surface area contributed by atoms with Gasteiger partial charge in [-0.3, -0.25) is 9.00 Å². The van der Waals surface area contributed by atoms with Gasteiger partial charge in [0.15, 0.2) is 11.5 Å². The molecule has 2 aliphatic rings. The predicted molar refractivity (Wildman–Crippen MR) is 88.3 cm³/mol. The molecular formula is C17H23NO4S. The highest BCUT2D eigenvalue weighted by Gasteiger charge is 2.17. The number of rotatable bonds is 6. The Balaban J connectivity index is 1.46. The zero-order valence-electron chi connectivity index (χ0n) is 13.2. The predicted octanol–water partition coefficient (Wildman–Crippen LogP) is 2.26. The minimum atomic E-state index is -1.20. The third-order valence-corrected chi connectivity index (χ3v) is 5.71. The van der Waals surface area contributed by atoms with Gasteiger partial charge >= 0.3 is 0 Å². The van der Waals surface area contributed by atoms with E-state index < -0.39 is 10.8 Å². The molecular weight excluding hydrogens is 314 g/mol. The van der Waals surface area contributed by atoms with Gasteiger partial charge in [0.25, 0.3) is 0 Å². The van der Waals surface area contributed by atoms with Crippen LogP contribution in [0.3, 0.4) is 0 Å². The van der Waals surface area contributed by atoms with Crippen LogP contribution in [0.25, 0.3) is 0 Å². The summed E-state index contributed by atoms with van der Waals surface area (Å²) in [5, 5.41) is 2.96. The van der Waals surface area contributed by atoms with Gasteiger partial charge in [-0.15, -0.1) is 0 Å². The molecule has 126 valence electrons. The quantitative estimate of drug-likeness (QED) is 0.865. The first-order valence-electron chi connectivity index (χ1n) is 8.27. The Kier molecular flexibility index (Phi) is 5.54. The summed E-state index contributed by atoms with van der Waals surface area (Å²) in [6.07, 6.45) is 5.25. The third-order valence-electron chi connectivity index (χ3n) is 4.35. The van der Waals surface area contributed by atoms with Gasteiger partial charge in [-0.05, 0) is 30.9 Å². The first-order chi connectivity index (χ1) is 11.2. The number of nitrogens with one attached hydrogen (secondary N) is 1. The summed E-state index contributed by atoms with van der Waals surface area (Å²) in [5.74, 6) is 2.26. The highest BCUT2D eigenvalue weighted by Crippen LogP contribution is 2.31. The van der Waals surface area contributed by atoms with E-state index in [2.05, 4.69) is 5.32 Å². The largest absolute Gasteiger partial charge is 0.486 e. The van der Waals surface area contributed by atoms with Gasteiger partial charge in [0.05, 0.1) is 10.8 Å². The third kappa shape index (κ3) is 4.47. The molecule has 3 rings (SSSR count). The van der Waals surface area contributed by atoms with Crippen LogP contribution in [0.1, 0.15) is 32.1 Å². The summed E-state index contributed by atoms with van der Waals surface area (Å²) in [6, 6.07) is 5.31. The lowest BCUT2D eigenvalue weighted by molar-refractivity contribution is -0.120. The number of fused-ring (bicyclic) bond motifs is 1. The number of benzene rings is 1. The van der Waals surface area contributed by atoms with Crippen LogP contribution >= 0.6 is 0 Å². The minimum absolute atomic E-state index is 0.0113. The van der Waals surface area contributed by atoms with Gasteiger partial charge in [-0.25, -0.2) is 0 Å². The van der Waals surface area contributed by atoms with E-state index in [0.717, 1.165) is 6.54 Å². The Hall–Kier alpha value is -1.56. The fourth-order valence-electron chi connectivity index (χ4n) is 3.03. The van der Waals surface area contributed by atoms with Crippen molar-refractivity contribution in [3.05, 3.63) is 18.2 Å². The Morgan fingerprint density at radius 1 is 1.17 bits per heavy atom. The van der Waals surface area contributed by atoms with E-state index >= 15 is 0 Å². The molecule has 1 aliphatic carbocycles. The van der Waals surface area contributed by atoms with Crippen LogP contribution in [0, 0.1) is 5.92 Å². The van der Waals surface area contributed by atoms with E-state index in [1.165, 1.54) is 25.7 Å². The van der Waals surface area contributed by atoms with Gasteiger partial charge in [-0.1, -0.05) is 12.8 Å². The van der Waals surface area contributed by atoms with E-state index in [4.69, 9.17) is 9.47 Å². The molecule has 1 saturated carbocycles. The van der Waals surface area contributed by atoms with Crippen molar-refractivity contribution in [3.63, 3.8) is 0 Å². The highest BCUT2D eigenvalue weighted by atomic mass is 32.2. The zero-order chi connectivity index (χ0) is 16.1. The number of amides is 1. The van der Waals surface area contributed by atoms with Gasteiger partial charge < -0.3 is 14.8 Å². The van der Waals surface area contributed by atoms with E-state index in [0.29, 0.717) is 41.3 Å². The fourth-order valence-corrected chi connectivity index (χ4v) is 4.09. The van der Waals surface area contributed by atoms with Crippen LogP contribution in [0.15, 0.2) is 23.1 Å². The molecule has 0 aromatic heterocycles. The molecule has 0 radical (unpaired) electrons. The molecule has 1 heterocycles. The summed E-state index contributed by atoms with van der Waals surface area (Å²) in [7, 11) is -1.20. The Bertz CT molecular complexity index is 584. The molecule has 1 aliphatic heterocycles.